The predicted octanol–water partition coefficient (Wildman–Crippen LogP) is 1.68. The molecule has 0 saturated carbocycles. The van der Waals surface area contributed by atoms with Crippen LogP contribution in [-0.2, 0) is 19.6 Å². The first-order valence-electron chi connectivity index (χ1n) is 7.45. The van der Waals surface area contributed by atoms with E-state index in [1.165, 1.54) is 11.0 Å². The number of nitriles is 1. The Labute approximate surface area is 159 Å². The van der Waals surface area contributed by atoms with Crippen LogP contribution in [0, 0.1) is 11.3 Å². The molecule has 2 rings (SSSR count). The molecule has 9 nitrogen and oxygen atoms in total. The first kappa shape index (κ1) is 20.4. The molecule has 0 bridgehead atoms. The largest absolute Gasteiger partial charge is 0.450 e. The highest BCUT2D eigenvalue weighted by atomic mass is 35.5. The number of esters is 1. The maximum Gasteiger partial charge on any atom is 0.374 e. The Kier molecular flexibility index (Phi) is 6.57. The Balaban J connectivity index is 2.07. The summed E-state index contributed by atoms with van der Waals surface area (Å²) in [5.74, 6) is -2.05. The molecule has 0 aliphatic rings. The van der Waals surface area contributed by atoms with Gasteiger partial charge in [-0.15, -0.1) is 0 Å². The molecule has 1 heterocycles. The van der Waals surface area contributed by atoms with E-state index >= 15 is 0 Å². The van der Waals surface area contributed by atoms with Crippen LogP contribution in [0.15, 0.2) is 45.9 Å². The van der Waals surface area contributed by atoms with Gasteiger partial charge in [0.25, 0.3) is 15.9 Å². The number of hydrogen-bond acceptors (Lipinski definition) is 7. The standard InChI is InChI=1S/C16H14ClN3O6S/c17-11-3-1-4-12(9-11)20(8-2-7-18)14(21)10-25-16(22)13-5-6-15(26-13)27(19,23)24/h1,3-6,9H,2,8,10H2,(H2,19,23,24). The van der Waals surface area contributed by atoms with Crippen LogP contribution in [0.1, 0.15) is 17.0 Å². The van der Waals surface area contributed by atoms with E-state index in [9.17, 15) is 18.0 Å². The molecule has 1 amide bonds. The lowest BCUT2D eigenvalue weighted by Crippen LogP contribution is -2.35. The van der Waals surface area contributed by atoms with Crippen LogP contribution in [0.5, 0.6) is 0 Å². The number of anilines is 1. The van der Waals surface area contributed by atoms with Crippen molar-refractivity contribution in [1.29, 1.82) is 5.26 Å². The maximum absolute atomic E-state index is 12.4. The molecule has 0 atom stereocenters. The van der Waals surface area contributed by atoms with Gasteiger partial charge in [0.1, 0.15) is 0 Å². The summed E-state index contributed by atoms with van der Waals surface area (Å²) in [5, 5.41) is 13.4. The molecular weight excluding hydrogens is 398 g/mol. The molecule has 0 unspecified atom stereocenters. The first-order chi connectivity index (χ1) is 12.7. The lowest BCUT2D eigenvalue weighted by Gasteiger charge is -2.21. The average Bonchev–Trinajstić information content (AvgIpc) is 3.10. The second-order valence-electron chi connectivity index (χ2n) is 5.17. The molecule has 0 aliphatic heterocycles. The number of carbonyl (C=O) groups excluding carboxylic acids is 2. The molecule has 1 aromatic carbocycles. The van der Waals surface area contributed by atoms with Gasteiger partial charge in [0.15, 0.2) is 6.61 Å². The molecule has 0 radical (unpaired) electrons. The highest BCUT2D eigenvalue weighted by Gasteiger charge is 2.21. The van der Waals surface area contributed by atoms with Gasteiger partial charge in [0, 0.05) is 17.3 Å². The Morgan fingerprint density at radius 2 is 2.04 bits per heavy atom. The van der Waals surface area contributed by atoms with E-state index in [4.69, 9.17) is 31.2 Å². The summed E-state index contributed by atoms with van der Waals surface area (Å²) < 4.78 is 31.9. The van der Waals surface area contributed by atoms with Crippen molar-refractivity contribution in [2.24, 2.45) is 5.14 Å². The number of nitrogens with two attached hydrogens (primary N) is 1. The summed E-state index contributed by atoms with van der Waals surface area (Å²) in [6, 6.07) is 10.4. The number of hydrogen-bond donors (Lipinski definition) is 1. The quantitative estimate of drug-likeness (QED) is 0.682. The summed E-state index contributed by atoms with van der Waals surface area (Å²) in [7, 11) is -4.10. The lowest BCUT2D eigenvalue weighted by atomic mass is 10.2. The number of benzene rings is 1. The zero-order valence-electron chi connectivity index (χ0n) is 13.8. The highest BCUT2D eigenvalue weighted by Crippen LogP contribution is 2.20. The van der Waals surface area contributed by atoms with Gasteiger partial charge in [-0.1, -0.05) is 17.7 Å². The topological polar surface area (TPSA) is 144 Å². The van der Waals surface area contributed by atoms with E-state index in [-0.39, 0.29) is 13.0 Å². The SMILES string of the molecule is N#CCCN(C(=O)COC(=O)c1ccc(S(N)(=O)=O)o1)c1cccc(Cl)c1. The smallest absolute Gasteiger partial charge is 0.374 e. The number of furan rings is 1. The molecule has 2 N–H and O–H groups in total. The van der Waals surface area contributed by atoms with Crippen molar-refractivity contribution in [2.45, 2.75) is 11.5 Å². The fourth-order valence-electron chi connectivity index (χ4n) is 2.06. The third kappa shape index (κ3) is 5.55. The molecule has 1 aromatic heterocycles. The summed E-state index contributed by atoms with van der Waals surface area (Å²) in [6.45, 7) is -0.578. The molecule has 142 valence electrons. The minimum absolute atomic E-state index is 0.0576. The molecule has 0 spiro atoms. The first-order valence-corrected chi connectivity index (χ1v) is 9.37. The molecular formula is C16H14ClN3O6S. The van der Waals surface area contributed by atoms with Crippen molar-refractivity contribution < 1.29 is 27.2 Å². The van der Waals surface area contributed by atoms with Crippen molar-refractivity contribution in [1.82, 2.24) is 0 Å². The van der Waals surface area contributed by atoms with Crippen molar-refractivity contribution in [3.63, 3.8) is 0 Å². The second kappa shape index (κ2) is 8.68. The predicted molar refractivity (Wildman–Crippen MR) is 94.4 cm³/mol. The summed E-state index contributed by atoms with van der Waals surface area (Å²) >= 11 is 5.91. The van der Waals surface area contributed by atoms with Gasteiger partial charge < -0.3 is 14.1 Å². The van der Waals surface area contributed by atoms with Gasteiger partial charge in [-0.2, -0.15) is 5.26 Å². The summed E-state index contributed by atoms with van der Waals surface area (Å²) in [5.41, 5.74) is 0.438. The van der Waals surface area contributed by atoms with Crippen molar-refractivity contribution in [3.8, 4) is 6.07 Å². The third-order valence-corrected chi connectivity index (χ3v) is 4.27. The van der Waals surface area contributed by atoms with Gasteiger partial charge >= 0.3 is 5.97 Å². The van der Waals surface area contributed by atoms with Gasteiger partial charge in [-0.05, 0) is 30.3 Å². The molecule has 0 aliphatic carbocycles. The number of carbonyl (C=O) groups is 2. The number of amides is 1. The number of ether oxygens (including phenoxy) is 1. The van der Waals surface area contributed by atoms with Gasteiger partial charge in [0.05, 0.1) is 12.5 Å². The Morgan fingerprint density at radius 3 is 2.63 bits per heavy atom. The number of nitrogens with zero attached hydrogens (tertiary/aromatic N) is 2. The van der Waals surface area contributed by atoms with Crippen LogP contribution in [0.2, 0.25) is 5.02 Å². The van der Waals surface area contributed by atoms with E-state index in [2.05, 4.69) is 0 Å². The normalized spacial score (nSPS) is 10.9. The number of primary sulfonamides is 1. The van der Waals surface area contributed by atoms with Crippen LogP contribution >= 0.6 is 11.6 Å². The van der Waals surface area contributed by atoms with Crippen LogP contribution in [0.3, 0.4) is 0 Å². The molecule has 27 heavy (non-hydrogen) atoms. The van der Waals surface area contributed by atoms with E-state index in [0.717, 1.165) is 12.1 Å². The number of halogens is 1. The fraction of sp³-hybridized carbons (Fsp3) is 0.188. The van der Waals surface area contributed by atoms with E-state index in [0.29, 0.717) is 10.7 Å². The summed E-state index contributed by atoms with van der Waals surface area (Å²) in [6.07, 6.45) is 0.0576. The van der Waals surface area contributed by atoms with Crippen LogP contribution in [-0.4, -0.2) is 33.4 Å². The minimum Gasteiger partial charge on any atom is -0.450 e. The van der Waals surface area contributed by atoms with Crippen LogP contribution in [0.4, 0.5) is 5.69 Å². The maximum atomic E-state index is 12.4. The van der Waals surface area contributed by atoms with Gasteiger partial charge in [-0.25, -0.2) is 18.4 Å². The highest BCUT2D eigenvalue weighted by molar-refractivity contribution is 7.89. The van der Waals surface area contributed by atoms with Crippen molar-refractivity contribution in [3.05, 3.63) is 47.2 Å². The Hall–Kier alpha value is -2.87. The second-order valence-corrected chi connectivity index (χ2v) is 7.10. The third-order valence-electron chi connectivity index (χ3n) is 3.26. The zero-order chi connectivity index (χ0) is 20.0. The number of rotatable bonds is 7. The summed E-state index contributed by atoms with van der Waals surface area (Å²) in [4.78, 5) is 25.6. The average molecular weight is 412 g/mol. The van der Waals surface area contributed by atoms with Crippen molar-refractivity contribution >= 4 is 39.2 Å². The lowest BCUT2D eigenvalue weighted by molar-refractivity contribution is -0.121. The minimum atomic E-state index is -4.10. The Bertz CT molecular complexity index is 996. The van der Waals surface area contributed by atoms with Crippen LogP contribution in [0.25, 0.3) is 0 Å². The van der Waals surface area contributed by atoms with Crippen LogP contribution < -0.4 is 10.0 Å². The van der Waals surface area contributed by atoms with Gasteiger partial charge in [0.2, 0.25) is 10.9 Å². The van der Waals surface area contributed by atoms with Crippen molar-refractivity contribution in [2.75, 3.05) is 18.1 Å². The number of sulfonamides is 1. The van der Waals surface area contributed by atoms with E-state index < -0.39 is 39.4 Å². The molecule has 0 saturated heterocycles. The van der Waals surface area contributed by atoms with E-state index in [1.54, 1.807) is 18.2 Å². The zero-order valence-corrected chi connectivity index (χ0v) is 15.4. The molecule has 0 fully saturated rings. The monoisotopic (exact) mass is 411 g/mol. The molecule has 11 heteroatoms. The fourth-order valence-corrected chi connectivity index (χ4v) is 2.71. The molecule has 2 aromatic rings. The Morgan fingerprint density at radius 1 is 1.30 bits per heavy atom. The van der Waals surface area contributed by atoms with Gasteiger partial charge in [-0.3, -0.25) is 4.79 Å². The van der Waals surface area contributed by atoms with E-state index in [1.807, 2.05) is 6.07 Å².